The monoisotopic (exact) mass is 389 g/mol. The molecule has 1 aromatic heterocycles. The minimum absolute atomic E-state index is 0.0946. The summed E-state index contributed by atoms with van der Waals surface area (Å²) in [6.07, 6.45) is 6.53. The molecule has 1 aliphatic heterocycles. The first-order chi connectivity index (χ1) is 12.2. The molecule has 1 saturated carbocycles. The van der Waals surface area contributed by atoms with E-state index in [1.54, 1.807) is 11.3 Å². The highest BCUT2D eigenvalue weighted by molar-refractivity contribution is 8.18. The zero-order valence-electron chi connectivity index (χ0n) is 13.4. The van der Waals surface area contributed by atoms with Crippen LogP contribution in [0.2, 0.25) is 5.02 Å². The highest BCUT2D eigenvalue weighted by Crippen LogP contribution is 2.31. The fourth-order valence-corrected chi connectivity index (χ4v) is 4.69. The number of rotatable bonds is 3. The molecule has 0 atom stereocenters. The Bertz CT molecular complexity index is 851. The van der Waals surface area contributed by atoms with E-state index in [1.165, 1.54) is 24.6 Å². The number of nitrogens with zero attached hydrogens (tertiary/aromatic N) is 2. The normalized spacial score (nSPS) is 21.4. The Balaban J connectivity index is 1.51. The second kappa shape index (κ2) is 7.32. The topological polar surface area (TPSA) is 54.4 Å². The van der Waals surface area contributed by atoms with E-state index in [1.807, 2.05) is 35.7 Å². The summed E-state index contributed by atoms with van der Waals surface area (Å²) in [7, 11) is 0. The Hall–Kier alpha value is -1.63. The van der Waals surface area contributed by atoms with E-state index < -0.39 is 0 Å². The van der Waals surface area contributed by atoms with Crippen LogP contribution in [0.5, 0.6) is 0 Å². The number of hydrogen-bond donors (Lipinski definition) is 1. The van der Waals surface area contributed by atoms with Crippen LogP contribution in [0, 0.1) is 0 Å². The van der Waals surface area contributed by atoms with Crippen LogP contribution in [0.3, 0.4) is 0 Å². The van der Waals surface area contributed by atoms with Gasteiger partial charge < -0.3 is 5.32 Å². The van der Waals surface area contributed by atoms with Gasteiger partial charge in [-0.2, -0.15) is 0 Å². The van der Waals surface area contributed by atoms with E-state index in [0.717, 1.165) is 34.3 Å². The number of carbonyl (C=O) groups is 1. The maximum absolute atomic E-state index is 12.2. The highest BCUT2D eigenvalue weighted by atomic mass is 35.5. The third-order valence-corrected chi connectivity index (χ3v) is 6.25. The van der Waals surface area contributed by atoms with Crippen molar-refractivity contribution in [3.8, 4) is 10.6 Å². The maximum atomic E-state index is 12.2. The molecular weight excluding hydrogens is 374 g/mol. The number of aliphatic imine (C=N–C) groups is 1. The molecule has 25 heavy (non-hydrogen) atoms. The summed E-state index contributed by atoms with van der Waals surface area (Å²) in [5, 5.41) is 7.15. The summed E-state index contributed by atoms with van der Waals surface area (Å²) in [6, 6.07) is 7.95. The van der Waals surface area contributed by atoms with Crippen LogP contribution >= 0.6 is 34.7 Å². The Morgan fingerprint density at radius 1 is 1.24 bits per heavy atom. The smallest absolute Gasteiger partial charge is 0.264 e. The fourth-order valence-electron chi connectivity index (χ4n) is 2.90. The molecule has 0 bridgehead atoms. The van der Waals surface area contributed by atoms with Crippen molar-refractivity contribution in [3.05, 3.63) is 45.3 Å². The van der Waals surface area contributed by atoms with Crippen molar-refractivity contribution in [2.24, 2.45) is 4.99 Å². The number of amides is 1. The molecule has 2 heterocycles. The van der Waals surface area contributed by atoms with E-state index in [2.05, 4.69) is 15.3 Å². The van der Waals surface area contributed by atoms with Crippen LogP contribution in [0.1, 0.15) is 31.4 Å². The summed E-state index contributed by atoms with van der Waals surface area (Å²) in [5.74, 6) is -0.0946. The number of amidine groups is 1. The van der Waals surface area contributed by atoms with Gasteiger partial charge in [-0.3, -0.25) is 9.79 Å². The molecule has 2 fully saturated rings. The first kappa shape index (κ1) is 16.8. The van der Waals surface area contributed by atoms with Crippen LogP contribution in [0.25, 0.3) is 16.6 Å². The molecule has 1 aliphatic carbocycles. The lowest BCUT2D eigenvalue weighted by atomic mass is 10.2. The van der Waals surface area contributed by atoms with Crippen molar-refractivity contribution in [2.75, 3.05) is 0 Å². The third-order valence-electron chi connectivity index (χ3n) is 4.17. The van der Waals surface area contributed by atoms with Crippen LogP contribution in [-0.2, 0) is 4.79 Å². The van der Waals surface area contributed by atoms with Gasteiger partial charge in [0.15, 0.2) is 5.17 Å². The van der Waals surface area contributed by atoms with Crippen molar-refractivity contribution >= 4 is 51.9 Å². The highest BCUT2D eigenvalue weighted by Gasteiger charge is 2.26. The predicted octanol–water partition coefficient (Wildman–Crippen LogP) is 4.97. The van der Waals surface area contributed by atoms with E-state index in [0.29, 0.717) is 16.0 Å². The number of thioether (sulfide) groups is 1. The Kier molecular flexibility index (Phi) is 4.92. The number of thiazole rings is 1. The molecule has 0 radical (unpaired) electrons. The van der Waals surface area contributed by atoms with Crippen LogP contribution in [0.4, 0.5) is 0 Å². The molecule has 0 spiro atoms. The van der Waals surface area contributed by atoms with Crippen molar-refractivity contribution in [3.63, 3.8) is 0 Å². The Labute approximate surface area is 159 Å². The second-order valence-electron chi connectivity index (χ2n) is 6.02. The van der Waals surface area contributed by atoms with Gasteiger partial charge in [0, 0.05) is 16.0 Å². The van der Waals surface area contributed by atoms with Crippen LogP contribution in [0.15, 0.2) is 39.5 Å². The minimum atomic E-state index is -0.0946. The zero-order valence-corrected chi connectivity index (χ0v) is 15.8. The van der Waals surface area contributed by atoms with Gasteiger partial charge >= 0.3 is 0 Å². The molecule has 4 nitrogen and oxygen atoms in total. The second-order valence-corrected chi connectivity index (χ2v) is 8.35. The minimum Gasteiger partial charge on any atom is -0.301 e. The quantitative estimate of drug-likeness (QED) is 0.754. The largest absolute Gasteiger partial charge is 0.301 e. The van der Waals surface area contributed by atoms with E-state index in [9.17, 15) is 4.79 Å². The predicted molar refractivity (Wildman–Crippen MR) is 106 cm³/mol. The van der Waals surface area contributed by atoms with Crippen molar-refractivity contribution in [2.45, 2.75) is 31.7 Å². The molecule has 2 aromatic rings. The Morgan fingerprint density at radius 3 is 2.76 bits per heavy atom. The van der Waals surface area contributed by atoms with Gasteiger partial charge in [0.2, 0.25) is 0 Å². The molecule has 0 unspecified atom stereocenters. The standard InChI is InChI=1S/C18H16ClN3OS2/c19-12-7-5-11(6-8-12)17-20-14(10-24-17)9-15-16(23)22-18(25-15)21-13-3-1-2-4-13/h5-10,13H,1-4H2,(H,21,22,23)/b15-9-. The van der Waals surface area contributed by atoms with E-state index >= 15 is 0 Å². The van der Waals surface area contributed by atoms with Gasteiger partial charge in [-0.15, -0.1) is 11.3 Å². The lowest BCUT2D eigenvalue weighted by molar-refractivity contribution is -0.115. The summed E-state index contributed by atoms with van der Waals surface area (Å²) in [6.45, 7) is 0. The third kappa shape index (κ3) is 3.97. The number of hydrogen-bond acceptors (Lipinski definition) is 5. The molecular formula is C18H16ClN3OS2. The zero-order chi connectivity index (χ0) is 17.2. The molecule has 2 aliphatic rings. The van der Waals surface area contributed by atoms with Gasteiger partial charge in [-0.1, -0.05) is 36.6 Å². The van der Waals surface area contributed by atoms with Gasteiger partial charge in [-0.05, 0) is 42.8 Å². The van der Waals surface area contributed by atoms with Gasteiger partial charge in [0.25, 0.3) is 5.91 Å². The number of nitrogens with one attached hydrogen (secondary N) is 1. The number of benzene rings is 1. The van der Waals surface area contributed by atoms with Crippen LogP contribution in [-0.4, -0.2) is 22.1 Å². The Morgan fingerprint density at radius 2 is 2.00 bits per heavy atom. The summed E-state index contributed by atoms with van der Waals surface area (Å²) >= 11 is 8.88. The van der Waals surface area contributed by atoms with Gasteiger partial charge in [-0.25, -0.2) is 4.98 Å². The molecule has 1 amide bonds. The SMILES string of the molecule is O=C1NC(=NC2CCCC2)S/C1=C\c1csc(-c2ccc(Cl)cc2)n1. The van der Waals surface area contributed by atoms with Crippen molar-refractivity contribution < 1.29 is 4.79 Å². The molecule has 1 aromatic carbocycles. The lowest BCUT2D eigenvalue weighted by Crippen LogP contribution is -2.21. The molecule has 4 rings (SSSR count). The first-order valence-electron chi connectivity index (χ1n) is 8.17. The molecule has 128 valence electrons. The summed E-state index contributed by atoms with van der Waals surface area (Å²) < 4.78 is 0. The van der Waals surface area contributed by atoms with E-state index in [4.69, 9.17) is 11.6 Å². The average Bonchev–Trinajstić information content (AvgIpc) is 3.32. The lowest BCUT2D eigenvalue weighted by Gasteiger charge is -2.02. The molecule has 1 saturated heterocycles. The van der Waals surface area contributed by atoms with E-state index in [-0.39, 0.29) is 5.91 Å². The fraction of sp³-hybridized carbons (Fsp3) is 0.278. The molecule has 1 N–H and O–H groups in total. The first-order valence-corrected chi connectivity index (χ1v) is 10.2. The van der Waals surface area contributed by atoms with Crippen LogP contribution < -0.4 is 5.32 Å². The summed E-state index contributed by atoms with van der Waals surface area (Å²) in [4.78, 5) is 22.1. The van der Waals surface area contributed by atoms with Crippen molar-refractivity contribution in [1.29, 1.82) is 0 Å². The van der Waals surface area contributed by atoms with Gasteiger partial charge in [0.1, 0.15) is 5.01 Å². The summed E-state index contributed by atoms with van der Waals surface area (Å²) in [5.41, 5.74) is 1.81. The van der Waals surface area contributed by atoms with Crippen molar-refractivity contribution in [1.82, 2.24) is 10.3 Å². The van der Waals surface area contributed by atoms with Gasteiger partial charge in [0.05, 0.1) is 16.6 Å². The number of aromatic nitrogens is 1. The maximum Gasteiger partial charge on any atom is 0.264 e. The number of halogens is 1. The molecule has 7 heteroatoms. The average molecular weight is 390 g/mol. The number of carbonyl (C=O) groups excluding carboxylic acids is 1.